The molecule has 0 aliphatic heterocycles. The van der Waals surface area contributed by atoms with E-state index in [9.17, 15) is 19.1 Å². The normalized spacial score (nSPS) is 11.7. The van der Waals surface area contributed by atoms with Crippen LogP contribution in [-0.4, -0.2) is 23.0 Å². The molecule has 0 aromatic heterocycles. The number of carboxylic acids is 1. The van der Waals surface area contributed by atoms with Gasteiger partial charge >= 0.3 is 5.97 Å². The molecule has 0 aliphatic carbocycles. The van der Waals surface area contributed by atoms with Crippen LogP contribution in [0.2, 0.25) is 0 Å². The van der Waals surface area contributed by atoms with Crippen LogP contribution < -0.4 is 5.32 Å². The predicted molar refractivity (Wildman–Crippen MR) is 80.2 cm³/mol. The lowest BCUT2D eigenvalue weighted by atomic mass is 10.0. The molecule has 0 saturated carbocycles. The first-order chi connectivity index (χ1) is 10.5. The fourth-order valence-corrected chi connectivity index (χ4v) is 2.12. The summed E-state index contributed by atoms with van der Waals surface area (Å²) in [5.41, 5.74) is 2.06. The Kier molecular flexibility index (Phi) is 4.88. The van der Waals surface area contributed by atoms with Crippen molar-refractivity contribution in [3.8, 4) is 0 Å². The van der Waals surface area contributed by atoms with Crippen LogP contribution in [0.15, 0.2) is 48.5 Å². The molecule has 0 saturated heterocycles. The first kappa shape index (κ1) is 15.7. The van der Waals surface area contributed by atoms with E-state index in [0.717, 1.165) is 23.3 Å². The molecular formula is C17H16FNO3. The zero-order chi connectivity index (χ0) is 16.1. The summed E-state index contributed by atoms with van der Waals surface area (Å²) in [5.74, 6) is -2.11. The maximum Gasteiger partial charge on any atom is 0.326 e. The van der Waals surface area contributed by atoms with Crippen molar-refractivity contribution in [2.24, 2.45) is 0 Å². The highest BCUT2D eigenvalue weighted by molar-refractivity contribution is 5.96. The Morgan fingerprint density at radius 2 is 1.86 bits per heavy atom. The molecule has 0 bridgehead atoms. The maximum atomic E-state index is 12.8. The fraction of sp³-hybridized carbons (Fsp3) is 0.176. The Morgan fingerprint density at radius 3 is 2.45 bits per heavy atom. The highest BCUT2D eigenvalue weighted by Crippen LogP contribution is 2.09. The summed E-state index contributed by atoms with van der Waals surface area (Å²) in [6, 6.07) is 11.3. The van der Waals surface area contributed by atoms with Crippen LogP contribution in [0.5, 0.6) is 0 Å². The summed E-state index contributed by atoms with van der Waals surface area (Å²) in [5, 5.41) is 11.7. The first-order valence-electron chi connectivity index (χ1n) is 6.80. The number of halogens is 1. The van der Waals surface area contributed by atoms with Gasteiger partial charge in [-0.25, -0.2) is 9.18 Å². The molecule has 1 amide bonds. The minimum absolute atomic E-state index is 0.184. The van der Waals surface area contributed by atoms with Crippen LogP contribution in [0.1, 0.15) is 21.5 Å². The van der Waals surface area contributed by atoms with Crippen LogP contribution in [0.4, 0.5) is 4.39 Å². The number of aryl methyl sites for hydroxylation is 1. The molecule has 0 fully saturated rings. The third-order valence-electron chi connectivity index (χ3n) is 3.23. The van der Waals surface area contributed by atoms with Crippen molar-refractivity contribution >= 4 is 11.9 Å². The largest absolute Gasteiger partial charge is 0.480 e. The van der Waals surface area contributed by atoms with Gasteiger partial charge in [0, 0.05) is 12.0 Å². The topological polar surface area (TPSA) is 66.4 Å². The van der Waals surface area contributed by atoms with E-state index in [2.05, 4.69) is 5.32 Å². The lowest BCUT2D eigenvalue weighted by Crippen LogP contribution is -2.42. The fourth-order valence-electron chi connectivity index (χ4n) is 2.12. The summed E-state index contributed by atoms with van der Waals surface area (Å²) < 4.78 is 12.8. The number of rotatable bonds is 5. The van der Waals surface area contributed by atoms with Gasteiger partial charge in [0.05, 0.1) is 0 Å². The molecule has 2 N–H and O–H groups in total. The van der Waals surface area contributed by atoms with Gasteiger partial charge in [-0.15, -0.1) is 0 Å². The third-order valence-corrected chi connectivity index (χ3v) is 3.23. The van der Waals surface area contributed by atoms with E-state index < -0.39 is 23.7 Å². The number of aliphatic carboxylic acids is 1. The number of carboxylic acid groups (broad SMARTS) is 1. The van der Waals surface area contributed by atoms with Gasteiger partial charge in [-0.1, -0.05) is 29.8 Å². The van der Waals surface area contributed by atoms with Crippen molar-refractivity contribution < 1.29 is 19.1 Å². The molecule has 0 aliphatic rings. The molecule has 0 spiro atoms. The number of carbonyl (C=O) groups excluding carboxylic acids is 1. The minimum Gasteiger partial charge on any atom is -0.480 e. The monoisotopic (exact) mass is 301 g/mol. The number of hydrogen-bond donors (Lipinski definition) is 2. The lowest BCUT2D eigenvalue weighted by Gasteiger charge is -2.15. The smallest absolute Gasteiger partial charge is 0.326 e. The second kappa shape index (κ2) is 6.85. The molecule has 2 aromatic rings. The number of benzene rings is 2. The van der Waals surface area contributed by atoms with Crippen LogP contribution >= 0.6 is 0 Å². The van der Waals surface area contributed by atoms with E-state index in [0.29, 0.717) is 0 Å². The van der Waals surface area contributed by atoms with Gasteiger partial charge in [0.15, 0.2) is 0 Å². The molecular weight excluding hydrogens is 285 g/mol. The van der Waals surface area contributed by atoms with E-state index in [4.69, 9.17) is 0 Å². The molecule has 4 nitrogen and oxygen atoms in total. The SMILES string of the molecule is Cc1cccc(C[C@H](NC(=O)c2ccc(F)cc2)C(=O)O)c1. The molecule has 2 rings (SSSR count). The Bertz CT molecular complexity index is 683. The average molecular weight is 301 g/mol. The molecule has 22 heavy (non-hydrogen) atoms. The molecule has 5 heteroatoms. The van der Waals surface area contributed by atoms with Gasteiger partial charge in [-0.3, -0.25) is 4.79 Å². The maximum absolute atomic E-state index is 12.8. The molecule has 114 valence electrons. The average Bonchev–Trinajstić information content (AvgIpc) is 2.47. The highest BCUT2D eigenvalue weighted by Gasteiger charge is 2.21. The minimum atomic E-state index is -1.11. The number of hydrogen-bond acceptors (Lipinski definition) is 2. The predicted octanol–water partition coefficient (Wildman–Crippen LogP) is 2.56. The van der Waals surface area contributed by atoms with E-state index in [1.807, 2.05) is 31.2 Å². The Morgan fingerprint density at radius 1 is 1.18 bits per heavy atom. The Balaban J connectivity index is 2.10. The Hall–Kier alpha value is -2.69. The standard InChI is InChI=1S/C17H16FNO3/c1-11-3-2-4-12(9-11)10-15(17(21)22)19-16(20)13-5-7-14(18)8-6-13/h2-9,15H,10H2,1H3,(H,19,20)(H,21,22)/t15-/m0/s1. The first-order valence-corrected chi connectivity index (χ1v) is 6.80. The quantitative estimate of drug-likeness (QED) is 0.892. The molecule has 0 unspecified atom stereocenters. The van der Waals surface area contributed by atoms with Gasteiger partial charge in [-0.05, 0) is 36.8 Å². The van der Waals surface area contributed by atoms with E-state index >= 15 is 0 Å². The lowest BCUT2D eigenvalue weighted by molar-refractivity contribution is -0.139. The zero-order valence-corrected chi connectivity index (χ0v) is 12.0. The van der Waals surface area contributed by atoms with Crippen LogP contribution in [0.3, 0.4) is 0 Å². The highest BCUT2D eigenvalue weighted by atomic mass is 19.1. The van der Waals surface area contributed by atoms with Gasteiger partial charge in [0.1, 0.15) is 11.9 Å². The third kappa shape index (κ3) is 4.15. The van der Waals surface area contributed by atoms with Crippen molar-refractivity contribution in [2.45, 2.75) is 19.4 Å². The second-order valence-electron chi connectivity index (χ2n) is 5.06. The number of carbonyl (C=O) groups is 2. The molecule has 1 atom stereocenters. The van der Waals surface area contributed by atoms with Gasteiger partial charge in [-0.2, -0.15) is 0 Å². The van der Waals surface area contributed by atoms with Gasteiger partial charge < -0.3 is 10.4 Å². The van der Waals surface area contributed by atoms with Crippen molar-refractivity contribution in [3.05, 3.63) is 71.0 Å². The number of amides is 1. The van der Waals surface area contributed by atoms with Gasteiger partial charge in [0.25, 0.3) is 5.91 Å². The summed E-state index contributed by atoms with van der Waals surface area (Å²) in [7, 11) is 0. The van der Waals surface area contributed by atoms with Crippen molar-refractivity contribution in [1.29, 1.82) is 0 Å². The van der Waals surface area contributed by atoms with Crippen LogP contribution in [0, 0.1) is 12.7 Å². The summed E-state index contributed by atoms with van der Waals surface area (Å²) >= 11 is 0. The molecule has 0 heterocycles. The summed E-state index contributed by atoms with van der Waals surface area (Å²) in [6.07, 6.45) is 0.184. The number of nitrogens with one attached hydrogen (secondary N) is 1. The Labute approximate surface area is 127 Å². The summed E-state index contributed by atoms with van der Waals surface area (Å²) in [4.78, 5) is 23.4. The molecule has 2 aromatic carbocycles. The van der Waals surface area contributed by atoms with E-state index in [1.165, 1.54) is 12.1 Å². The van der Waals surface area contributed by atoms with Crippen LogP contribution in [0.25, 0.3) is 0 Å². The second-order valence-corrected chi connectivity index (χ2v) is 5.06. The van der Waals surface area contributed by atoms with Crippen molar-refractivity contribution in [1.82, 2.24) is 5.32 Å². The van der Waals surface area contributed by atoms with Gasteiger partial charge in [0.2, 0.25) is 0 Å². The van der Waals surface area contributed by atoms with Crippen molar-refractivity contribution in [2.75, 3.05) is 0 Å². The van der Waals surface area contributed by atoms with E-state index in [-0.39, 0.29) is 12.0 Å². The van der Waals surface area contributed by atoms with E-state index in [1.54, 1.807) is 0 Å². The zero-order valence-electron chi connectivity index (χ0n) is 12.0. The molecule has 0 radical (unpaired) electrons. The summed E-state index contributed by atoms with van der Waals surface area (Å²) in [6.45, 7) is 1.91. The van der Waals surface area contributed by atoms with Crippen molar-refractivity contribution in [3.63, 3.8) is 0 Å². The van der Waals surface area contributed by atoms with Crippen LogP contribution in [-0.2, 0) is 11.2 Å².